The number of hydrogen-bond donors (Lipinski definition) is 1. The van der Waals surface area contributed by atoms with Crippen LogP contribution in [0, 0.1) is 5.92 Å². The summed E-state index contributed by atoms with van der Waals surface area (Å²) in [6.07, 6.45) is 1.16. The lowest BCUT2D eigenvalue weighted by atomic mass is 10.0. The molecule has 0 saturated heterocycles. The maximum absolute atomic E-state index is 6.39. The van der Waals surface area contributed by atoms with Crippen LogP contribution in [0.1, 0.15) is 38.8 Å². The maximum Gasteiger partial charge on any atom is 0.125 e. The standard InChI is InChI=1S/C16H27ClN2O/c1-5-12(3)11-19(6-2)14(10-18)16-13(17)8-7-9-15(16)20-4/h7-9,12,14H,5-6,10-11,18H2,1-4H3. The van der Waals surface area contributed by atoms with Gasteiger partial charge in [0.15, 0.2) is 0 Å². The Morgan fingerprint density at radius 2 is 2.05 bits per heavy atom. The third-order valence-corrected chi connectivity index (χ3v) is 4.21. The van der Waals surface area contributed by atoms with Crippen LogP contribution >= 0.6 is 11.6 Å². The summed E-state index contributed by atoms with van der Waals surface area (Å²) in [5, 5.41) is 0.724. The van der Waals surface area contributed by atoms with Gasteiger partial charge in [-0.2, -0.15) is 0 Å². The summed E-state index contributed by atoms with van der Waals surface area (Å²) in [4.78, 5) is 2.39. The highest BCUT2D eigenvalue weighted by Crippen LogP contribution is 2.35. The van der Waals surface area contributed by atoms with Crippen LogP contribution in [0.5, 0.6) is 5.75 Å². The van der Waals surface area contributed by atoms with E-state index >= 15 is 0 Å². The smallest absolute Gasteiger partial charge is 0.125 e. The fourth-order valence-corrected chi connectivity index (χ4v) is 2.77. The van der Waals surface area contributed by atoms with Crippen molar-refractivity contribution in [3.05, 3.63) is 28.8 Å². The molecular weight excluding hydrogens is 272 g/mol. The largest absolute Gasteiger partial charge is 0.496 e. The van der Waals surface area contributed by atoms with Crippen molar-refractivity contribution in [2.24, 2.45) is 11.7 Å². The number of methoxy groups -OCH3 is 1. The number of rotatable bonds is 8. The predicted octanol–water partition coefficient (Wildman–Crippen LogP) is 3.72. The first-order chi connectivity index (χ1) is 9.58. The molecule has 0 radical (unpaired) electrons. The van der Waals surface area contributed by atoms with Crippen molar-refractivity contribution in [1.82, 2.24) is 4.90 Å². The highest BCUT2D eigenvalue weighted by molar-refractivity contribution is 6.31. The molecule has 0 aliphatic rings. The summed E-state index contributed by atoms with van der Waals surface area (Å²) in [5.41, 5.74) is 7.04. The lowest BCUT2D eigenvalue weighted by molar-refractivity contribution is 0.179. The number of nitrogens with zero attached hydrogens (tertiary/aromatic N) is 1. The lowest BCUT2D eigenvalue weighted by Gasteiger charge is -2.33. The second kappa shape index (κ2) is 8.50. The van der Waals surface area contributed by atoms with Crippen molar-refractivity contribution < 1.29 is 4.74 Å². The molecule has 0 saturated carbocycles. The average Bonchev–Trinajstić information content (AvgIpc) is 2.47. The zero-order chi connectivity index (χ0) is 15.1. The molecule has 0 aliphatic carbocycles. The van der Waals surface area contributed by atoms with E-state index in [1.807, 2.05) is 18.2 Å². The Kier molecular flexibility index (Phi) is 7.35. The van der Waals surface area contributed by atoms with Gasteiger partial charge in [0.2, 0.25) is 0 Å². The molecule has 0 fully saturated rings. The summed E-state index contributed by atoms with van der Waals surface area (Å²) in [6, 6.07) is 5.85. The molecular formula is C16H27ClN2O. The minimum absolute atomic E-state index is 0.0950. The molecule has 0 heterocycles. The number of hydrogen-bond acceptors (Lipinski definition) is 3. The molecule has 20 heavy (non-hydrogen) atoms. The second-order valence-corrected chi connectivity index (χ2v) is 5.62. The Morgan fingerprint density at radius 1 is 1.35 bits per heavy atom. The minimum atomic E-state index is 0.0950. The Balaban J connectivity index is 3.10. The molecule has 3 nitrogen and oxygen atoms in total. The molecule has 4 heteroatoms. The molecule has 0 amide bonds. The Hall–Kier alpha value is -0.770. The van der Waals surface area contributed by atoms with Gasteiger partial charge in [0.05, 0.1) is 13.2 Å². The number of ether oxygens (including phenoxy) is 1. The topological polar surface area (TPSA) is 38.5 Å². The molecule has 2 N–H and O–H groups in total. The molecule has 2 unspecified atom stereocenters. The third-order valence-electron chi connectivity index (χ3n) is 3.88. The zero-order valence-corrected chi connectivity index (χ0v) is 13.8. The Labute approximate surface area is 128 Å². The van der Waals surface area contributed by atoms with Crippen LogP contribution in [0.25, 0.3) is 0 Å². The number of benzene rings is 1. The van der Waals surface area contributed by atoms with E-state index in [2.05, 4.69) is 25.7 Å². The zero-order valence-electron chi connectivity index (χ0n) is 13.0. The first-order valence-corrected chi connectivity index (χ1v) is 7.73. The van der Waals surface area contributed by atoms with Gasteiger partial charge in [-0.05, 0) is 24.6 Å². The maximum atomic E-state index is 6.39. The molecule has 114 valence electrons. The van der Waals surface area contributed by atoms with Crippen LogP contribution in [0.2, 0.25) is 5.02 Å². The molecule has 0 aliphatic heterocycles. The van der Waals surface area contributed by atoms with Crippen LogP contribution in [-0.2, 0) is 0 Å². The summed E-state index contributed by atoms with van der Waals surface area (Å²) in [5.74, 6) is 1.45. The van der Waals surface area contributed by atoms with Crippen LogP contribution < -0.4 is 10.5 Å². The SMILES string of the molecule is CCC(C)CN(CC)C(CN)c1c(Cl)cccc1OC. The van der Waals surface area contributed by atoms with E-state index in [-0.39, 0.29) is 6.04 Å². The van der Waals surface area contributed by atoms with Crippen LogP contribution in [-0.4, -0.2) is 31.6 Å². The van der Waals surface area contributed by atoms with Gasteiger partial charge in [0.25, 0.3) is 0 Å². The summed E-state index contributed by atoms with van der Waals surface area (Å²) < 4.78 is 5.47. The molecule has 0 bridgehead atoms. The summed E-state index contributed by atoms with van der Waals surface area (Å²) in [7, 11) is 1.67. The monoisotopic (exact) mass is 298 g/mol. The van der Waals surface area contributed by atoms with Gasteiger partial charge in [0.1, 0.15) is 5.75 Å². The number of likely N-dealkylation sites (N-methyl/N-ethyl adjacent to an activating group) is 1. The van der Waals surface area contributed by atoms with Crippen molar-refractivity contribution >= 4 is 11.6 Å². The van der Waals surface area contributed by atoms with Crippen LogP contribution in [0.3, 0.4) is 0 Å². The fraction of sp³-hybridized carbons (Fsp3) is 0.625. The predicted molar refractivity (Wildman–Crippen MR) is 86.5 cm³/mol. The van der Waals surface area contributed by atoms with Gasteiger partial charge >= 0.3 is 0 Å². The van der Waals surface area contributed by atoms with Crippen molar-refractivity contribution in [3.63, 3.8) is 0 Å². The van der Waals surface area contributed by atoms with Gasteiger partial charge < -0.3 is 10.5 Å². The molecule has 1 aromatic carbocycles. The second-order valence-electron chi connectivity index (χ2n) is 5.21. The van der Waals surface area contributed by atoms with E-state index in [1.165, 1.54) is 0 Å². The van der Waals surface area contributed by atoms with E-state index in [1.54, 1.807) is 7.11 Å². The minimum Gasteiger partial charge on any atom is -0.496 e. The Bertz CT molecular complexity index is 411. The van der Waals surface area contributed by atoms with Crippen LogP contribution in [0.15, 0.2) is 18.2 Å². The van der Waals surface area contributed by atoms with Crippen molar-refractivity contribution in [2.75, 3.05) is 26.7 Å². The van der Waals surface area contributed by atoms with E-state index in [0.29, 0.717) is 12.5 Å². The number of halogens is 1. The molecule has 1 rings (SSSR count). The fourth-order valence-electron chi connectivity index (χ4n) is 2.47. The van der Waals surface area contributed by atoms with E-state index in [9.17, 15) is 0 Å². The van der Waals surface area contributed by atoms with Gasteiger partial charge in [-0.1, -0.05) is 44.9 Å². The highest BCUT2D eigenvalue weighted by atomic mass is 35.5. The van der Waals surface area contributed by atoms with Crippen molar-refractivity contribution in [1.29, 1.82) is 0 Å². The van der Waals surface area contributed by atoms with Gasteiger partial charge in [0, 0.05) is 23.7 Å². The number of nitrogens with two attached hydrogens (primary N) is 1. The third kappa shape index (κ3) is 4.11. The van der Waals surface area contributed by atoms with E-state index in [4.69, 9.17) is 22.1 Å². The van der Waals surface area contributed by atoms with Crippen molar-refractivity contribution in [2.45, 2.75) is 33.2 Å². The molecule has 2 atom stereocenters. The summed E-state index contributed by atoms with van der Waals surface area (Å²) in [6.45, 7) is 9.13. The van der Waals surface area contributed by atoms with E-state index < -0.39 is 0 Å². The molecule has 0 aromatic heterocycles. The average molecular weight is 299 g/mol. The quantitative estimate of drug-likeness (QED) is 0.795. The summed E-state index contributed by atoms with van der Waals surface area (Å²) >= 11 is 6.39. The first-order valence-electron chi connectivity index (χ1n) is 7.35. The Morgan fingerprint density at radius 3 is 2.55 bits per heavy atom. The lowest BCUT2D eigenvalue weighted by Crippen LogP contribution is -2.37. The molecule has 0 spiro atoms. The highest BCUT2D eigenvalue weighted by Gasteiger charge is 2.24. The van der Waals surface area contributed by atoms with Gasteiger partial charge in [-0.15, -0.1) is 0 Å². The van der Waals surface area contributed by atoms with Gasteiger partial charge in [-0.3, -0.25) is 4.90 Å². The van der Waals surface area contributed by atoms with Gasteiger partial charge in [-0.25, -0.2) is 0 Å². The normalized spacial score (nSPS) is 14.3. The van der Waals surface area contributed by atoms with Crippen molar-refractivity contribution in [3.8, 4) is 5.75 Å². The molecule has 1 aromatic rings. The first kappa shape index (κ1) is 17.3. The van der Waals surface area contributed by atoms with Crippen LogP contribution in [0.4, 0.5) is 0 Å². The van der Waals surface area contributed by atoms with E-state index in [0.717, 1.165) is 35.8 Å².